The molecule has 0 bridgehead atoms. The summed E-state index contributed by atoms with van der Waals surface area (Å²) < 4.78 is 0. The summed E-state index contributed by atoms with van der Waals surface area (Å²) in [5.41, 5.74) is 0.686. The zero-order valence-corrected chi connectivity index (χ0v) is 11.1. The van der Waals surface area contributed by atoms with Crippen molar-refractivity contribution < 1.29 is 0 Å². The summed E-state index contributed by atoms with van der Waals surface area (Å²) >= 11 is 0. The van der Waals surface area contributed by atoms with Crippen LogP contribution in [0, 0.1) is 29.1 Å². The highest BCUT2D eigenvalue weighted by Gasteiger charge is 2.45. The lowest BCUT2D eigenvalue weighted by Crippen LogP contribution is -2.43. The number of fused-ring (bicyclic) bond motifs is 1. The molecule has 0 saturated heterocycles. The van der Waals surface area contributed by atoms with E-state index in [4.69, 9.17) is 0 Å². The Kier molecular flexibility index (Phi) is 3.14. The molecule has 0 aromatic heterocycles. The van der Waals surface area contributed by atoms with Crippen LogP contribution in [0.25, 0.3) is 0 Å². The van der Waals surface area contributed by atoms with E-state index in [9.17, 15) is 0 Å². The van der Waals surface area contributed by atoms with Crippen molar-refractivity contribution in [3.63, 3.8) is 0 Å². The smallest absolute Gasteiger partial charge is 0.0269 e. The van der Waals surface area contributed by atoms with Crippen molar-refractivity contribution >= 4 is 0 Å². The molecule has 2 rings (SSSR count). The van der Waals surface area contributed by atoms with Crippen molar-refractivity contribution in [3.8, 4) is 0 Å². The van der Waals surface area contributed by atoms with E-state index in [2.05, 4.69) is 27.7 Å². The Balaban J connectivity index is 2.12. The van der Waals surface area contributed by atoms with E-state index in [1.165, 1.54) is 38.5 Å². The van der Waals surface area contributed by atoms with Gasteiger partial charge in [0.05, 0.1) is 0 Å². The second-order valence-electron chi connectivity index (χ2n) is 6.82. The van der Waals surface area contributed by atoms with Crippen LogP contribution in [0.4, 0.5) is 0 Å². The van der Waals surface area contributed by atoms with Gasteiger partial charge >= 0.3 is 0 Å². The molecule has 0 N–H and O–H groups in total. The summed E-state index contributed by atoms with van der Waals surface area (Å²) in [4.78, 5) is 0. The number of hydrogen-bond acceptors (Lipinski definition) is 0. The highest BCUT2D eigenvalue weighted by Crippen LogP contribution is 2.55. The quantitative estimate of drug-likeness (QED) is 0.576. The Morgan fingerprint density at radius 3 is 2.47 bits per heavy atom. The van der Waals surface area contributed by atoms with Crippen molar-refractivity contribution in [2.75, 3.05) is 0 Å². The first-order valence-electron chi connectivity index (χ1n) is 7.04. The average molecular weight is 208 g/mol. The van der Waals surface area contributed by atoms with Gasteiger partial charge < -0.3 is 0 Å². The largest absolute Gasteiger partial charge is 0.0625 e. The molecule has 0 aromatic carbocycles. The first-order chi connectivity index (χ1) is 7.04. The summed E-state index contributed by atoms with van der Waals surface area (Å²) in [7, 11) is 0. The third-order valence-electron chi connectivity index (χ3n) is 5.78. The molecule has 0 unspecified atom stereocenters. The maximum absolute atomic E-state index is 2.59. The Morgan fingerprint density at radius 2 is 1.80 bits per heavy atom. The molecule has 4 atom stereocenters. The topological polar surface area (TPSA) is 0 Å². The molecule has 0 spiro atoms. The molecule has 0 aromatic rings. The first-order valence-corrected chi connectivity index (χ1v) is 7.04. The van der Waals surface area contributed by atoms with Crippen LogP contribution in [0.3, 0.4) is 0 Å². The molecule has 88 valence electrons. The van der Waals surface area contributed by atoms with Crippen LogP contribution < -0.4 is 0 Å². The Morgan fingerprint density at radius 1 is 1.07 bits per heavy atom. The second-order valence-corrected chi connectivity index (χ2v) is 6.82. The summed E-state index contributed by atoms with van der Waals surface area (Å²) in [6, 6.07) is 0. The van der Waals surface area contributed by atoms with Crippen molar-refractivity contribution in [2.24, 2.45) is 29.1 Å². The highest BCUT2D eigenvalue weighted by molar-refractivity contribution is 4.95. The van der Waals surface area contributed by atoms with Crippen LogP contribution in [0.1, 0.15) is 66.2 Å². The van der Waals surface area contributed by atoms with Gasteiger partial charge in [-0.2, -0.15) is 0 Å². The molecule has 2 aliphatic carbocycles. The van der Waals surface area contributed by atoms with Gasteiger partial charge in [-0.3, -0.25) is 0 Å². The zero-order chi connectivity index (χ0) is 11.1. The maximum Gasteiger partial charge on any atom is -0.0269 e. The molecule has 2 saturated carbocycles. The van der Waals surface area contributed by atoms with Gasteiger partial charge in [0.2, 0.25) is 0 Å². The lowest BCUT2D eigenvalue weighted by atomic mass is 9.53. The second kappa shape index (κ2) is 4.11. The van der Waals surface area contributed by atoms with Crippen molar-refractivity contribution in [1.29, 1.82) is 0 Å². The van der Waals surface area contributed by atoms with Gasteiger partial charge in [0, 0.05) is 0 Å². The fourth-order valence-electron chi connectivity index (χ4n) is 4.23. The van der Waals surface area contributed by atoms with Crippen molar-refractivity contribution in [1.82, 2.24) is 0 Å². The molecule has 0 heterocycles. The molecular weight excluding hydrogens is 180 g/mol. The lowest BCUT2D eigenvalue weighted by Gasteiger charge is -2.52. The Labute approximate surface area is 95.8 Å². The third kappa shape index (κ3) is 1.97. The highest BCUT2D eigenvalue weighted by atomic mass is 14.5. The molecule has 0 nitrogen and oxygen atoms in total. The minimum absolute atomic E-state index is 0.686. The van der Waals surface area contributed by atoms with Gasteiger partial charge in [0.15, 0.2) is 0 Å². The summed E-state index contributed by atoms with van der Waals surface area (Å²) in [5.74, 6) is 3.93. The Hall–Kier alpha value is 0. The molecule has 2 aliphatic rings. The van der Waals surface area contributed by atoms with Crippen LogP contribution >= 0.6 is 0 Å². The molecule has 2 fully saturated rings. The molecular formula is C15H28. The fourth-order valence-corrected chi connectivity index (χ4v) is 4.23. The van der Waals surface area contributed by atoms with E-state index in [1.807, 2.05) is 0 Å². The molecule has 0 aliphatic heterocycles. The van der Waals surface area contributed by atoms with E-state index in [0.717, 1.165) is 23.7 Å². The van der Waals surface area contributed by atoms with Gasteiger partial charge in [-0.05, 0) is 54.8 Å². The van der Waals surface area contributed by atoms with Gasteiger partial charge in [-0.15, -0.1) is 0 Å². The predicted molar refractivity (Wildman–Crippen MR) is 66.8 cm³/mol. The van der Waals surface area contributed by atoms with E-state index < -0.39 is 0 Å². The lowest BCUT2D eigenvalue weighted by molar-refractivity contribution is -0.0232. The van der Waals surface area contributed by atoms with E-state index in [0.29, 0.717) is 5.41 Å². The summed E-state index contributed by atoms with van der Waals surface area (Å²) in [5, 5.41) is 0. The number of hydrogen-bond donors (Lipinski definition) is 0. The average Bonchev–Trinajstić information content (AvgIpc) is 2.19. The van der Waals surface area contributed by atoms with E-state index in [1.54, 1.807) is 0 Å². The third-order valence-corrected chi connectivity index (χ3v) is 5.78. The van der Waals surface area contributed by atoms with Crippen LogP contribution in [-0.4, -0.2) is 0 Å². The first kappa shape index (κ1) is 11.5. The standard InChI is InChI=1S/C15H28/c1-11(2)13-8-9-14-7-5-6-12(3)15(14,4)10-13/h11-14H,5-10H2,1-4H3/t12-,13-,14+,15+/m0/s1. The van der Waals surface area contributed by atoms with Gasteiger partial charge in [-0.25, -0.2) is 0 Å². The van der Waals surface area contributed by atoms with Crippen LogP contribution in [0.5, 0.6) is 0 Å². The summed E-state index contributed by atoms with van der Waals surface area (Å²) in [6.07, 6.45) is 9.03. The molecule has 0 amide bonds. The Bertz CT molecular complexity index is 218. The van der Waals surface area contributed by atoms with Crippen LogP contribution in [-0.2, 0) is 0 Å². The van der Waals surface area contributed by atoms with E-state index >= 15 is 0 Å². The van der Waals surface area contributed by atoms with Crippen molar-refractivity contribution in [2.45, 2.75) is 66.2 Å². The molecule has 15 heavy (non-hydrogen) atoms. The molecule has 0 radical (unpaired) electrons. The minimum atomic E-state index is 0.686. The molecule has 0 heteroatoms. The minimum Gasteiger partial charge on any atom is -0.0625 e. The fraction of sp³-hybridized carbons (Fsp3) is 1.00. The van der Waals surface area contributed by atoms with Gasteiger partial charge in [0.25, 0.3) is 0 Å². The number of rotatable bonds is 1. The van der Waals surface area contributed by atoms with Gasteiger partial charge in [0.1, 0.15) is 0 Å². The van der Waals surface area contributed by atoms with Gasteiger partial charge in [-0.1, -0.05) is 40.5 Å². The maximum atomic E-state index is 2.59. The monoisotopic (exact) mass is 208 g/mol. The van der Waals surface area contributed by atoms with E-state index in [-0.39, 0.29) is 0 Å². The normalized spacial score (nSPS) is 46.6. The van der Waals surface area contributed by atoms with Crippen LogP contribution in [0.15, 0.2) is 0 Å². The van der Waals surface area contributed by atoms with Crippen molar-refractivity contribution in [3.05, 3.63) is 0 Å². The van der Waals surface area contributed by atoms with Crippen LogP contribution in [0.2, 0.25) is 0 Å². The zero-order valence-electron chi connectivity index (χ0n) is 11.1. The predicted octanol–water partition coefficient (Wildman–Crippen LogP) is 4.89. The SMILES string of the molecule is CC(C)[C@H]1CC[C@H]2CCC[C@H](C)[C@@]2(C)C1. The summed E-state index contributed by atoms with van der Waals surface area (Å²) in [6.45, 7) is 9.94.